The van der Waals surface area contributed by atoms with Gasteiger partial charge in [-0.3, -0.25) is 9.59 Å². The summed E-state index contributed by atoms with van der Waals surface area (Å²) in [6.45, 7) is 10.4. The van der Waals surface area contributed by atoms with Crippen LogP contribution >= 0.6 is 0 Å². The molecule has 1 rings (SSSR count). The highest BCUT2D eigenvalue weighted by Crippen LogP contribution is 2.20. The van der Waals surface area contributed by atoms with E-state index in [0.29, 0.717) is 17.8 Å². The molecule has 1 unspecified atom stereocenters. The summed E-state index contributed by atoms with van der Waals surface area (Å²) in [5.74, 6) is -0.371. The van der Waals surface area contributed by atoms with Crippen molar-refractivity contribution in [2.45, 2.75) is 59.6 Å². The number of hydrogen-bond donors (Lipinski definition) is 2. The number of aliphatic hydroxyl groups excluding tert-OH is 1. The molecule has 5 nitrogen and oxygen atoms in total. The Labute approximate surface area is 145 Å². The number of para-hydroxylation sites is 1. The lowest BCUT2D eigenvalue weighted by Gasteiger charge is -2.27. The van der Waals surface area contributed by atoms with E-state index in [2.05, 4.69) is 5.32 Å². The Morgan fingerprint density at radius 1 is 1.17 bits per heavy atom. The highest BCUT2D eigenvalue weighted by Gasteiger charge is 2.22. The van der Waals surface area contributed by atoms with Gasteiger partial charge in [-0.05, 0) is 38.3 Å². The highest BCUT2D eigenvalue weighted by atomic mass is 16.3. The minimum atomic E-state index is -0.694. The second-order valence-corrected chi connectivity index (χ2v) is 6.70. The van der Waals surface area contributed by atoms with Crippen molar-refractivity contribution in [3.8, 4) is 0 Å². The third-order valence-corrected chi connectivity index (χ3v) is 3.94. The van der Waals surface area contributed by atoms with Gasteiger partial charge >= 0.3 is 0 Å². The van der Waals surface area contributed by atoms with E-state index in [1.54, 1.807) is 29.2 Å². The number of benzene rings is 1. The van der Waals surface area contributed by atoms with Crippen LogP contribution in [0.1, 0.15) is 57.8 Å². The monoisotopic (exact) mass is 334 g/mol. The van der Waals surface area contributed by atoms with Gasteiger partial charge in [0.05, 0.1) is 23.8 Å². The summed E-state index contributed by atoms with van der Waals surface area (Å²) in [5, 5.41) is 12.6. The van der Waals surface area contributed by atoms with Crippen LogP contribution in [0.4, 0.5) is 5.69 Å². The summed E-state index contributed by atoms with van der Waals surface area (Å²) in [7, 11) is 0. The van der Waals surface area contributed by atoms with Crippen LogP contribution in [0.3, 0.4) is 0 Å². The Balaban J connectivity index is 2.95. The van der Waals surface area contributed by atoms with Crippen LogP contribution in [-0.2, 0) is 4.79 Å². The van der Waals surface area contributed by atoms with Gasteiger partial charge in [-0.2, -0.15) is 0 Å². The van der Waals surface area contributed by atoms with E-state index in [-0.39, 0.29) is 30.2 Å². The summed E-state index contributed by atoms with van der Waals surface area (Å²) < 4.78 is 0. The molecule has 0 fully saturated rings. The number of carbonyl (C=O) groups excluding carboxylic acids is 2. The third kappa shape index (κ3) is 5.64. The molecule has 0 aliphatic rings. The van der Waals surface area contributed by atoms with Crippen LogP contribution in [0.15, 0.2) is 24.3 Å². The lowest BCUT2D eigenvalue weighted by atomic mass is 10.0. The fourth-order valence-electron chi connectivity index (χ4n) is 2.40. The van der Waals surface area contributed by atoms with E-state index >= 15 is 0 Å². The molecule has 0 radical (unpaired) electrons. The van der Waals surface area contributed by atoms with E-state index < -0.39 is 6.10 Å². The molecule has 1 aromatic rings. The first-order valence-corrected chi connectivity index (χ1v) is 8.65. The molecule has 1 aromatic carbocycles. The van der Waals surface area contributed by atoms with Crippen LogP contribution in [0, 0.1) is 5.92 Å². The fraction of sp³-hybridized carbons (Fsp3) is 0.579. The van der Waals surface area contributed by atoms with Gasteiger partial charge in [0, 0.05) is 12.6 Å². The van der Waals surface area contributed by atoms with Crippen LogP contribution in [0.25, 0.3) is 0 Å². The van der Waals surface area contributed by atoms with E-state index in [4.69, 9.17) is 0 Å². The van der Waals surface area contributed by atoms with Gasteiger partial charge in [0.25, 0.3) is 5.91 Å². The first-order valence-electron chi connectivity index (χ1n) is 8.65. The van der Waals surface area contributed by atoms with Gasteiger partial charge in [-0.15, -0.1) is 0 Å². The molecule has 1 atom stereocenters. The van der Waals surface area contributed by atoms with Crippen molar-refractivity contribution in [3.05, 3.63) is 29.8 Å². The normalized spacial score (nSPS) is 12.3. The maximum absolute atomic E-state index is 12.8. The molecule has 134 valence electrons. The fourth-order valence-corrected chi connectivity index (χ4v) is 2.40. The number of rotatable bonds is 8. The molecular weight excluding hydrogens is 304 g/mol. The standard InChI is InChI=1S/C19H30N2O3/c1-6-11-21(14(4)5)19(24)15-9-7-8-10-16(15)20-18(23)12-17(22)13(2)3/h7-10,13-14,17,22H,6,11-12H2,1-5H3,(H,20,23). The van der Waals surface area contributed by atoms with Gasteiger partial charge in [-0.25, -0.2) is 0 Å². The van der Waals surface area contributed by atoms with Gasteiger partial charge in [0.15, 0.2) is 0 Å². The smallest absolute Gasteiger partial charge is 0.256 e. The number of anilines is 1. The largest absolute Gasteiger partial charge is 0.392 e. The summed E-state index contributed by atoms with van der Waals surface area (Å²) in [5.41, 5.74) is 0.970. The Hall–Kier alpha value is -1.88. The van der Waals surface area contributed by atoms with E-state index in [0.717, 1.165) is 6.42 Å². The number of aliphatic hydroxyl groups is 1. The van der Waals surface area contributed by atoms with Crippen molar-refractivity contribution in [1.29, 1.82) is 0 Å². The van der Waals surface area contributed by atoms with Crippen LogP contribution < -0.4 is 5.32 Å². The first-order chi connectivity index (χ1) is 11.3. The lowest BCUT2D eigenvalue weighted by molar-refractivity contribution is -0.118. The summed E-state index contributed by atoms with van der Waals surface area (Å²) >= 11 is 0. The molecule has 0 aliphatic carbocycles. The molecule has 0 aromatic heterocycles. The maximum Gasteiger partial charge on any atom is 0.256 e. The summed E-state index contributed by atoms with van der Waals surface area (Å²) in [6, 6.07) is 7.10. The zero-order chi connectivity index (χ0) is 18.3. The predicted octanol–water partition coefficient (Wildman–Crippen LogP) is 3.29. The molecule has 0 heterocycles. The number of carbonyl (C=O) groups is 2. The quantitative estimate of drug-likeness (QED) is 0.766. The topological polar surface area (TPSA) is 69.6 Å². The van der Waals surface area contributed by atoms with Gasteiger partial charge in [0.1, 0.15) is 0 Å². The Bertz CT molecular complexity index is 555. The Morgan fingerprint density at radius 2 is 1.79 bits per heavy atom. The zero-order valence-corrected chi connectivity index (χ0v) is 15.4. The summed E-state index contributed by atoms with van der Waals surface area (Å²) in [6.07, 6.45) is 0.197. The second-order valence-electron chi connectivity index (χ2n) is 6.70. The predicted molar refractivity (Wildman–Crippen MR) is 97.0 cm³/mol. The number of nitrogens with one attached hydrogen (secondary N) is 1. The highest BCUT2D eigenvalue weighted by molar-refractivity contribution is 6.03. The molecule has 0 spiro atoms. The number of nitrogens with zero attached hydrogens (tertiary/aromatic N) is 1. The minimum Gasteiger partial charge on any atom is -0.392 e. The molecule has 0 bridgehead atoms. The number of amides is 2. The average Bonchev–Trinajstić information content (AvgIpc) is 2.51. The van der Waals surface area contributed by atoms with Crippen LogP contribution in [0.2, 0.25) is 0 Å². The lowest BCUT2D eigenvalue weighted by Crippen LogP contribution is -2.38. The van der Waals surface area contributed by atoms with Crippen molar-refractivity contribution >= 4 is 17.5 Å². The van der Waals surface area contributed by atoms with Crippen molar-refractivity contribution in [2.24, 2.45) is 5.92 Å². The van der Waals surface area contributed by atoms with Crippen molar-refractivity contribution in [3.63, 3.8) is 0 Å². The molecular formula is C19H30N2O3. The SMILES string of the molecule is CCCN(C(=O)c1ccccc1NC(=O)CC(O)C(C)C)C(C)C. The molecule has 2 amide bonds. The molecule has 24 heavy (non-hydrogen) atoms. The van der Waals surface area contributed by atoms with Crippen LogP contribution in [0.5, 0.6) is 0 Å². The molecule has 0 saturated carbocycles. The molecule has 2 N–H and O–H groups in total. The average molecular weight is 334 g/mol. The Morgan fingerprint density at radius 3 is 2.33 bits per heavy atom. The van der Waals surface area contributed by atoms with E-state index in [1.807, 2.05) is 34.6 Å². The van der Waals surface area contributed by atoms with Gasteiger partial charge < -0.3 is 15.3 Å². The van der Waals surface area contributed by atoms with Crippen molar-refractivity contribution < 1.29 is 14.7 Å². The second kappa shape index (κ2) is 9.42. The maximum atomic E-state index is 12.8. The van der Waals surface area contributed by atoms with Crippen molar-refractivity contribution in [1.82, 2.24) is 4.90 Å². The Kier molecular flexibility index (Phi) is 7.92. The van der Waals surface area contributed by atoms with Crippen LogP contribution in [-0.4, -0.2) is 40.5 Å². The molecule has 0 aliphatic heterocycles. The number of hydrogen-bond acceptors (Lipinski definition) is 3. The molecule has 0 saturated heterocycles. The zero-order valence-electron chi connectivity index (χ0n) is 15.4. The first kappa shape index (κ1) is 20.2. The summed E-state index contributed by atoms with van der Waals surface area (Å²) in [4.78, 5) is 26.8. The third-order valence-electron chi connectivity index (χ3n) is 3.94. The van der Waals surface area contributed by atoms with Gasteiger partial charge in [0.2, 0.25) is 5.91 Å². The van der Waals surface area contributed by atoms with E-state index in [9.17, 15) is 14.7 Å². The molecule has 5 heteroatoms. The van der Waals surface area contributed by atoms with Gasteiger partial charge in [-0.1, -0.05) is 32.9 Å². The van der Waals surface area contributed by atoms with Crippen molar-refractivity contribution in [2.75, 3.05) is 11.9 Å². The van der Waals surface area contributed by atoms with E-state index in [1.165, 1.54) is 0 Å². The minimum absolute atomic E-state index is 0.00797.